The first kappa shape index (κ1) is 27.9. The molecule has 1 aliphatic heterocycles. The van der Waals surface area contributed by atoms with Crippen LogP contribution in [0.1, 0.15) is 33.6 Å². The van der Waals surface area contributed by atoms with E-state index in [1.807, 2.05) is 0 Å². The third-order valence-electron chi connectivity index (χ3n) is 6.44. The summed E-state index contributed by atoms with van der Waals surface area (Å²) in [6, 6.07) is 17.2. The molecular formula is C28H31N3O7S. The summed E-state index contributed by atoms with van der Waals surface area (Å²) in [5, 5.41) is 5.64. The van der Waals surface area contributed by atoms with Crippen LogP contribution in [0.15, 0.2) is 71.6 Å². The van der Waals surface area contributed by atoms with Crippen molar-refractivity contribution < 1.29 is 32.2 Å². The van der Waals surface area contributed by atoms with Crippen LogP contribution in [0.25, 0.3) is 0 Å². The molecule has 0 aliphatic carbocycles. The van der Waals surface area contributed by atoms with Gasteiger partial charge in [-0.15, -0.1) is 0 Å². The van der Waals surface area contributed by atoms with Crippen molar-refractivity contribution in [1.29, 1.82) is 0 Å². The minimum absolute atomic E-state index is 0.00270. The average Bonchev–Trinajstić information content (AvgIpc) is 3.49. The van der Waals surface area contributed by atoms with Gasteiger partial charge in [-0.1, -0.05) is 12.1 Å². The fraction of sp³-hybridized carbons (Fsp3) is 0.286. The van der Waals surface area contributed by atoms with E-state index in [-0.39, 0.29) is 16.9 Å². The fourth-order valence-electron chi connectivity index (χ4n) is 4.19. The Bertz CT molecular complexity index is 1440. The van der Waals surface area contributed by atoms with E-state index >= 15 is 0 Å². The third-order valence-corrected chi connectivity index (χ3v) is 8.22. The van der Waals surface area contributed by atoms with E-state index in [2.05, 4.69) is 10.6 Å². The number of nitrogens with zero attached hydrogens (tertiary/aromatic N) is 1. The highest BCUT2D eigenvalue weighted by molar-refractivity contribution is 7.92. The number of para-hydroxylation sites is 1. The Morgan fingerprint density at radius 1 is 0.974 bits per heavy atom. The molecule has 2 N–H and O–H groups in total. The lowest BCUT2D eigenvalue weighted by atomic mass is 10.1. The second-order valence-electron chi connectivity index (χ2n) is 8.88. The lowest BCUT2D eigenvalue weighted by Crippen LogP contribution is -2.32. The van der Waals surface area contributed by atoms with Gasteiger partial charge in [-0.2, -0.15) is 0 Å². The molecule has 1 heterocycles. The highest BCUT2D eigenvalue weighted by atomic mass is 32.2. The van der Waals surface area contributed by atoms with E-state index in [0.717, 1.165) is 17.1 Å². The molecule has 2 amide bonds. The largest absolute Gasteiger partial charge is 0.493 e. The summed E-state index contributed by atoms with van der Waals surface area (Å²) in [7, 11) is 0.406. The smallest absolute Gasteiger partial charge is 0.264 e. The minimum atomic E-state index is -3.91. The van der Waals surface area contributed by atoms with Gasteiger partial charge in [-0.3, -0.25) is 13.9 Å². The molecule has 3 aromatic carbocycles. The number of nitrogens with one attached hydrogen (secondary N) is 2. The van der Waals surface area contributed by atoms with Gasteiger partial charge in [0, 0.05) is 31.8 Å². The van der Waals surface area contributed by atoms with Gasteiger partial charge in [0.2, 0.25) is 0 Å². The van der Waals surface area contributed by atoms with Crippen LogP contribution in [0.5, 0.6) is 11.5 Å². The Labute approximate surface area is 227 Å². The molecule has 4 rings (SSSR count). The maximum Gasteiger partial charge on any atom is 0.264 e. The van der Waals surface area contributed by atoms with Crippen molar-refractivity contribution >= 4 is 33.2 Å². The van der Waals surface area contributed by atoms with Gasteiger partial charge in [-0.05, 0) is 61.4 Å². The molecule has 1 atom stereocenters. The number of rotatable bonds is 10. The van der Waals surface area contributed by atoms with E-state index in [1.54, 1.807) is 24.3 Å². The van der Waals surface area contributed by atoms with Gasteiger partial charge in [0.05, 0.1) is 42.2 Å². The minimum Gasteiger partial charge on any atom is -0.493 e. The molecule has 39 heavy (non-hydrogen) atoms. The number of hydrogen-bond acceptors (Lipinski definition) is 7. The van der Waals surface area contributed by atoms with E-state index in [0.29, 0.717) is 47.2 Å². The summed E-state index contributed by atoms with van der Waals surface area (Å²) in [5.74, 6) is -0.0405. The first-order chi connectivity index (χ1) is 18.7. The first-order valence-corrected chi connectivity index (χ1v) is 13.8. The standard InChI is InChI=1S/C28H31N3O7S/c1-31(39(34,35)22-14-15-25(36-2)26(17-22)37-3)20-12-10-19(11-13-20)27(32)30-24-9-5-4-8-23(24)28(33)29-18-21-7-6-16-38-21/h4-5,8-15,17,21H,6-7,16,18H2,1-3H3,(H,29,33)(H,30,32)/t21-/m0/s1. The zero-order valence-corrected chi connectivity index (χ0v) is 22.8. The molecule has 1 saturated heterocycles. The maximum atomic E-state index is 13.2. The average molecular weight is 554 g/mol. The number of hydrogen-bond donors (Lipinski definition) is 2. The summed E-state index contributed by atoms with van der Waals surface area (Å²) in [6.07, 6.45) is 1.88. The summed E-state index contributed by atoms with van der Waals surface area (Å²) >= 11 is 0. The second kappa shape index (κ2) is 12.2. The molecule has 0 saturated carbocycles. The molecule has 1 fully saturated rings. The van der Waals surface area contributed by atoms with Crippen LogP contribution in [0.4, 0.5) is 11.4 Å². The highest BCUT2D eigenvalue weighted by Gasteiger charge is 2.24. The summed E-state index contributed by atoms with van der Waals surface area (Å²) in [5.41, 5.74) is 1.35. The normalized spacial score (nSPS) is 14.9. The van der Waals surface area contributed by atoms with Gasteiger partial charge in [0.25, 0.3) is 21.8 Å². The third kappa shape index (κ3) is 6.32. The number of anilines is 2. The Balaban J connectivity index is 1.45. The van der Waals surface area contributed by atoms with Gasteiger partial charge in [0.1, 0.15) is 0 Å². The Kier molecular flexibility index (Phi) is 8.72. The predicted molar refractivity (Wildman–Crippen MR) is 147 cm³/mol. The summed E-state index contributed by atoms with van der Waals surface area (Å²) < 4.78 is 43.5. The molecule has 0 unspecified atom stereocenters. The van der Waals surface area contributed by atoms with Crippen LogP contribution in [0.2, 0.25) is 0 Å². The van der Waals surface area contributed by atoms with E-state index in [4.69, 9.17) is 14.2 Å². The van der Waals surface area contributed by atoms with Gasteiger partial charge in [-0.25, -0.2) is 8.42 Å². The van der Waals surface area contributed by atoms with Crippen molar-refractivity contribution in [3.05, 3.63) is 77.9 Å². The zero-order chi connectivity index (χ0) is 28.0. The first-order valence-electron chi connectivity index (χ1n) is 12.4. The SMILES string of the molecule is COc1ccc(S(=O)(=O)N(C)c2ccc(C(=O)Nc3ccccc3C(=O)NC[C@@H]3CCCO3)cc2)cc1OC. The Morgan fingerprint density at radius 2 is 1.69 bits per heavy atom. The number of amides is 2. The van der Waals surface area contributed by atoms with Crippen molar-refractivity contribution in [3.63, 3.8) is 0 Å². The van der Waals surface area contributed by atoms with Crippen LogP contribution < -0.4 is 24.4 Å². The molecule has 206 valence electrons. The van der Waals surface area contributed by atoms with Crippen molar-refractivity contribution in [3.8, 4) is 11.5 Å². The number of ether oxygens (including phenoxy) is 3. The van der Waals surface area contributed by atoms with Crippen molar-refractivity contribution in [2.75, 3.05) is 44.0 Å². The van der Waals surface area contributed by atoms with E-state index < -0.39 is 15.9 Å². The predicted octanol–water partition coefficient (Wildman–Crippen LogP) is 3.69. The molecule has 0 aromatic heterocycles. The van der Waals surface area contributed by atoms with Crippen molar-refractivity contribution in [2.24, 2.45) is 0 Å². The number of carbonyl (C=O) groups excluding carboxylic acids is 2. The molecule has 10 nitrogen and oxygen atoms in total. The molecule has 0 radical (unpaired) electrons. The fourth-order valence-corrected chi connectivity index (χ4v) is 5.40. The van der Waals surface area contributed by atoms with E-state index in [9.17, 15) is 18.0 Å². The lowest BCUT2D eigenvalue weighted by Gasteiger charge is -2.20. The molecular weight excluding hydrogens is 522 g/mol. The maximum absolute atomic E-state index is 13.2. The van der Waals surface area contributed by atoms with Crippen LogP contribution in [-0.4, -0.2) is 60.8 Å². The van der Waals surface area contributed by atoms with Gasteiger partial charge in [0.15, 0.2) is 11.5 Å². The van der Waals surface area contributed by atoms with Crippen LogP contribution in [-0.2, 0) is 14.8 Å². The molecule has 11 heteroatoms. The molecule has 0 bridgehead atoms. The number of methoxy groups -OCH3 is 2. The van der Waals surface area contributed by atoms with E-state index in [1.165, 1.54) is 63.7 Å². The molecule has 0 spiro atoms. The molecule has 1 aliphatic rings. The second-order valence-corrected chi connectivity index (χ2v) is 10.9. The van der Waals surface area contributed by atoms with Crippen molar-refractivity contribution in [1.82, 2.24) is 5.32 Å². The quantitative estimate of drug-likeness (QED) is 0.393. The number of carbonyl (C=O) groups is 2. The lowest BCUT2D eigenvalue weighted by molar-refractivity contribution is 0.0858. The Morgan fingerprint density at radius 3 is 2.36 bits per heavy atom. The van der Waals surface area contributed by atoms with Gasteiger partial charge < -0.3 is 24.8 Å². The summed E-state index contributed by atoms with van der Waals surface area (Å²) in [4.78, 5) is 25.7. The molecule has 3 aromatic rings. The van der Waals surface area contributed by atoms with Crippen LogP contribution in [0.3, 0.4) is 0 Å². The monoisotopic (exact) mass is 553 g/mol. The Hall–Kier alpha value is -4.09. The van der Waals surface area contributed by atoms with Crippen LogP contribution in [0, 0.1) is 0 Å². The van der Waals surface area contributed by atoms with Gasteiger partial charge >= 0.3 is 0 Å². The zero-order valence-electron chi connectivity index (χ0n) is 22.0. The highest BCUT2D eigenvalue weighted by Crippen LogP contribution is 2.31. The topological polar surface area (TPSA) is 123 Å². The number of benzene rings is 3. The number of sulfonamides is 1. The van der Waals surface area contributed by atoms with Crippen molar-refractivity contribution in [2.45, 2.75) is 23.8 Å². The summed E-state index contributed by atoms with van der Waals surface area (Å²) in [6.45, 7) is 1.10. The van der Waals surface area contributed by atoms with Crippen LogP contribution >= 0.6 is 0 Å².